The van der Waals surface area contributed by atoms with E-state index in [0.29, 0.717) is 11.5 Å². The van der Waals surface area contributed by atoms with Crippen LogP contribution in [0.1, 0.15) is 86.0 Å². The minimum absolute atomic E-state index is 0.531. The van der Waals surface area contributed by atoms with Crippen molar-refractivity contribution in [1.29, 1.82) is 0 Å². The summed E-state index contributed by atoms with van der Waals surface area (Å²) in [6.45, 7) is 51.9. The molecule has 6 unspecified atom stereocenters. The van der Waals surface area contributed by atoms with Gasteiger partial charge in [-0.3, -0.25) is 0 Å². The molecule has 2 aliphatic heterocycles. The molecule has 0 spiro atoms. The van der Waals surface area contributed by atoms with Crippen LogP contribution in [-0.2, 0) is 8.85 Å². The van der Waals surface area contributed by atoms with E-state index < -0.39 is 59.3 Å². The lowest BCUT2D eigenvalue weighted by Gasteiger charge is -2.68. The lowest BCUT2D eigenvalue weighted by Crippen LogP contribution is -2.90. The Morgan fingerprint density at radius 2 is 0.810 bits per heavy atom. The summed E-state index contributed by atoms with van der Waals surface area (Å²) < 4.78 is 14.9. The minimum Gasteiger partial charge on any atom is -0.421 e. The summed E-state index contributed by atoms with van der Waals surface area (Å²) >= 11 is 0. The van der Waals surface area contributed by atoms with Gasteiger partial charge in [-0.15, -0.1) is 0 Å². The molecule has 2 nitrogen and oxygen atoms in total. The first-order chi connectivity index (χ1) is 18.8. The fourth-order valence-corrected chi connectivity index (χ4v) is 158. The normalized spacial score (nSPS) is 36.6. The maximum atomic E-state index is 7.44. The van der Waals surface area contributed by atoms with Crippen molar-refractivity contribution in [3.63, 3.8) is 0 Å². The highest BCUT2D eigenvalue weighted by atomic mass is 29.8. The Bertz CT molecular complexity index is 854. The highest BCUT2D eigenvalue weighted by Gasteiger charge is 2.73. The fourth-order valence-electron chi connectivity index (χ4n) is 10.8. The van der Waals surface area contributed by atoms with Crippen molar-refractivity contribution in [3.8, 4) is 0 Å². The van der Waals surface area contributed by atoms with Crippen LogP contribution in [0, 0.1) is 5.92 Å². The van der Waals surface area contributed by atoms with Gasteiger partial charge in [0.05, 0.1) is 29.4 Å². The minimum atomic E-state index is -1.74. The Labute approximate surface area is 272 Å². The highest BCUT2D eigenvalue weighted by Crippen LogP contribution is 2.59. The largest absolute Gasteiger partial charge is 0.421 e. The Hall–Kier alpha value is 1.66. The molecular weight excluding hydrogens is 641 g/mol. The van der Waals surface area contributed by atoms with Crippen molar-refractivity contribution in [3.05, 3.63) is 0 Å². The van der Waals surface area contributed by atoms with E-state index in [9.17, 15) is 0 Å². The van der Waals surface area contributed by atoms with Gasteiger partial charge in [-0.25, -0.2) is 0 Å². The van der Waals surface area contributed by atoms with Gasteiger partial charge >= 0.3 is 0 Å². The average Bonchev–Trinajstić information content (AvgIpc) is 2.85. The molecule has 2 aliphatic rings. The zero-order valence-corrected chi connectivity index (χ0v) is 40.4. The third-order valence-corrected chi connectivity index (χ3v) is 151. The van der Waals surface area contributed by atoms with Gasteiger partial charge in [-0.1, -0.05) is 138 Å². The third kappa shape index (κ3) is 5.83. The summed E-state index contributed by atoms with van der Waals surface area (Å²) in [5, 5.41) is 0. The SMILES string of the molecule is CCCCCCCC(C(CC)[Si]1(C)C(C)O[Si](C)(C)[Si](C)(C)[Si]1(C)C)C(CC)[Si]1(C)C(C)O[Si](C)(C)[Si](C)(C)[Si]1(C)C. The summed E-state index contributed by atoms with van der Waals surface area (Å²) in [4.78, 5) is 0. The monoisotopic (exact) mass is 718 g/mol. The lowest BCUT2D eigenvalue weighted by molar-refractivity contribution is 0.267. The summed E-state index contributed by atoms with van der Waals surface area (Å²) in [7, 11) is -12.7. The molecule has 0 N–H and O–H groups in total. The number of hydrogen-bond donors (Lipinski definition) is 0. The van der Waals surface area contributed by atoms with Gasteiger partial charge in [-0.2, -0.15) is 0 Å². The Morgan fingerprint density at radius 1 is 0.476 bits per heavy atom. The molecule has 250 valence electrons. The van der Waals surface area contributed by atoms with Crippen molar-refractivity contribution >= 4 is 59.3 Å². The molecule has 0 aromatic carbocycles. The Morgan fingerprint density at radius 3 is 1.12 bits per heavy atom. The summed E-state index contributed by atoms with van der Waals surface area (Å²) in [5.74, 6) is 0.881. The third-order valence-electron chi connectivity index (χ3n) is 16.6. The Kier molecular flexibility index (Phi) is 12.6. The van der Waals surface area contributed by atoms with Crippen LogP contribution in [-0.4, -0.2) is 70.7 Å². The zero-order chi connectivity index (χ0) is 33.0. The van der Waals surface area contributed by atoms with E-state index in [-0.39, 0.29) is 0 Å². The van der Waals surface area contributed by atoms with Crippen molar-refractivity contribution in [2.75, 3.05) is 0 Å². The summed E-state index contributed by atoms with van der Waals surface area (Å²) in [5.41, 5.74) is 2.87. The van der Waals surface area contributed by atoms with E-state index in [0.717, 1.165) is 17.0 Å². The number of hydrogen-bond acceptors (Lipinski definition) is 2. The molecule has 2 heterocycles. The average molecular weight is 720 g/mol. The van der Waals surface area contributed by atoms with Crippen LogP contribution >= 0.6 is 0 Å². The second-order valence-electron chi connectivity index (χ2n) is 18.5. The van der Waals surface area contributed by atoms with Crippen LogP contribution in [0.3, 0.4) is 0 Å². The van der Waals surface area contributed by atoms with E-state index in [2.05, 4.69) is 126 Å². The van der Waals surface area contributed by atoms with E-state index in [4.69, 9.17) is 8.85 Å². The second-order valence-corrected chi connectivity index (χ2v) is 95.9. The predicted octanol–water partition coefficient (Wildman–Crippen LogP) is 11.3. The number of unbranched alkanes of at least 4 members (excludes halogenated alkanes) is 4. The molecule has 10 heteroatoms. The van der Waals surface area contributed by atoms with Crippen LogP contribution in [0.2, 0.25) is 103 Å². The smallest absolute Gasteiger partial charge is 0.170 e. The van der Waals surface area contributed by atoms with Gasteiger partial charge in [0.2, 0.25) is 0 Å². The maximum Gasteiger partial charge on any atom is 0.170 e. The van der Waals surface area contributed by atoms with E-state index in [1.54, 1.807) is 0 Å². The predicted molar refractivity (Wildman–Crippen MR) is 214 cm³/mol. The van der Waals surface area contributed by atoms with E-state index in [1.807, 2.05) is 0 Å². The first-order valence-corrected chi connectivity index (χ1v) is 47.3. The molecule has 0 aliphatic carbocycles. The van der Waals surface area contributed by atoms with Gasteiger partial charge < -0.3 is 8.85 Å². The van der Waals surface area contributed by atoms with Gasteiger partial charge in [0.25, 0.3) is 0 Å². The standard InChI is InChI=1S/C32H78O2Si8/c1-20-23-24-25-26-27-30(31(21-2)41(18)28(4)33-35(6,7)37(10,11)39(41,14)15)32(22-3)42(19)29(5)34-36(8,9)38(12,13)40(42,16)17/h28-32H,20-27H2,1-19H3. The van der Waals surface area contributed by atoms with Crippen LogP contribution in [0.15, 0.2) is 0 Å². The molecule has 0 saturated carbocycles. The fraction of sp³-hybridized carbons (Fsp3) is 1.00. The molecule has 2 rings (SSSR count). The second kappa shape index (κ2) is 13.3. The maximum absolute atomic E-state index is 7.44. The van der Waals surface area contributed by atoms with Gasteiger partial charge in [0.1, 0.15) is 0 Å². The number of rotatable bonds is 12. The van der Waals surface area contributed by atoms with Crippen molar-refractivity contribution in [1.82, 2.24) is 0 Å². The van der Waals surface area contributed by atoms with Gasteiger partial charge in [0.15, 0.2) is 15.7 Å². The molecule has 0 amide bonds. The van der Waals surface area contributed by atoms with Gasteiger partial charge in [0, 0.05) is 25.7 Å². The van der Waals surface area contributed by atoms with E-state index in [1.165, 1.54) is 51.4 Å². The van der Waals surface area contributed by atoms with Crippen LogP contribution in [0.4, 0.5) is 0 Å². The summed E-state index contributed by atoms with van der Waals surface area (Å²) in [6.07, 6.45) is 11.3. The van der Waals surface area contributed by atoms with Crippen LogP contribution in [0.5, 0.6) is 0 Å². The topological polar surface area (TPSA) is 18.5 Å². The zero-order valence-electron chi connectivity index (χ0n) is 32.4. The van der Waals surface area contributed by atoms with Crippen molar-refractivity contribution in [2.24, 2.45) is 5.92 Å². The Balaban J connectivity index is 2.80. The molecule has 6 atom stereocenters. The highest BCUT2D eigenvalue weighted by molar-refractivity contribution is 7.84. The lowest BCUT2D eigenvalue weighted by atomic mass is 9.90. The molecule has 0 aromatic rings. The molecule has 42 heavy (non-hydrogen) atoms. The summed E-state index contributed by atoms with van der Waals surface area (Å²) in [6, 6.07) is 0. The first kappa shape index (κ1) is 39.8. The van der Waals surface area contributed by atoms with Crippen LogP contribution in [0.25, 0.3) is 0 Å². The molecule has 0 aromatic heterocycles. The first-order valence-electron chi connectivity index (χ1n) is 18.2. The van der Waals surface area contributed by atoms with E-state index >= 15 is 0 Å². The van der Waals surface area contributed by atoms with Crippen molar-refractivity contribution < 1.29 is 8.85 Å². The van der Waals surface area contributed by atoms with Gasteiger partial charge in [-0.05, 0) is 57.0 Å². The van der Waals surface area contributed by atoms with Crippen molar-refractivity contribution in [2.45, 2.75) is 200 Å². The van der Waals surface area contributed by atoms with Crippen LogP contribution < -0.4 is 0 Å². The molecule has 2 fully saturated rings. The molecular formula is C32H78O2Si8. The molecule has 0 radical (unpaired) electrons. The molecule has 2 saturated heterocycles. The molecule has 0 bridgehead atoms. The quantitative estimate of drug-likeness (QED) is 0.148.